The summed E-state index contributed by atoms with van der Waals surface area (Å²) in [5, 5.41) is 56.5. The zero-order valence-corrected chi connectivity index (χ0v) is 21.8. The van der Waals surface area contributed by atoms with Gasteiger partial charge in [0.15, 0.2) is 11.4 Å². The molecule has 1 amide bonds. The van der Waals surface area contributed by atoms with E-state index in [1.165, 1.54) is 31.1 Å². The normalized spacial score (nSPS) is 29.8. The standard InChI is InChI=1S/C29H30N2O9/c1-31(2)21-20-23(34)17-18(26(36)29(20,39)27(37)19(24(21)35)28(30)38)22(33)16-14(9-6-10-15(16)32)25(17)40-12-11-13-7-4-3-5-8-13/h3-10,17,20-21,23,25,32-34,37,39H,11-12H2,1-2H3,(H2,30,38)/t17-,20-,21+,23+,25+,29+/m1/s1. The van der Waals surface area contributed by atoms with E-state index in [2.05, 4.69) is 0 Å². The summed E-state index contributed by atoms with van der Waals surface area (Å²) in [7, 11) is 2.90. The van der Waals surface area contributed by atoms with Crippen LogP contribution in [0.15, 0.2) is 65.4 Å². The number of likely N-dealkylation sites (N-methyl/N-ethyl adjacent to an activating group) is 1. The summed E-state index contributed by atoms with van der Waals surface area (Å²) in [6.45, 7) is 0.122. The van der Waals surface area contributed by atoms with Crippen molar-refractivity contribution in [2.75, 3.05) is 20.7 Å². The van der Waals surface area contributed by atoms with E-state index in [1.54, 1.807) is 6.07 Å². The minimum Gasteiger partial charge on any atom is -0.508 e. The van der Waals surface area contributed by atoms with Gasteiger partial charge in [0.25, 0.3) is 5.91 Å². The van der Waals surface area contributed by atoms with Crippen LogP contribution in [0.2, 0.25) is 0 Å². The first-order valence-electron chi connectivity index (χ1n) is 12.7. The molecule has 40 heavy (non-hydrogen) atoms. The number of primary amides is 1. The minimum atomic E-state index is -2.98. The van der Waals surface area contributed by atoms with Crippen LogP contribution in [0, 0.1) is 11.8 Å². The molecular weight excluding hydrogens is 520 g/mol. The molecule has 2 aromatic carbocycles. The third-order valence-corrected chi connectivity index (χ3v) is 8.13. The van der Waals surface area contributed by atoms with E-state index in [0.29, 0.717) is 6.42 Å². The van der Waals surface area contributed by atoms with Crippen LogP contribution in [-0.2, 0) is 25.5 Å². The highest BCUT2D eigenvalue weighted by Gasteiger charge is 2.68. The quantitative estimate of drug-likeness (QED) is 0.279. The van der Waals surface area contributed by atoms with Crippen LogP contribution in [-0.4, -0.2) is 86.4 Å². The van der Waals surface area contributed by atoms with Crippen LogP contribution in [0.25, 0.3) is 5.76 Å². The number of rotatable bonds is 6. The molecule has 0 radical (unpaired) electrons. The highest BCUT2D eigenvalue weighted by atomic mass is 16.5. The predicted octanol–water partition coefficient (Wildman–Crippen LogP) is 0.693. The van der Waals surface area contributed by atoms with E-state index in [9.17, 15) is 39.9 Å². The number of aliphatic hydroxyl groups excluding tert-OH is 3. The van der Waals surface area contributed by atoms with Crippen molar-refractivity contribution in [3.63, 3.8) is 0 Å². The molecule has 0 aromatic heterocycles. The number of fused-ring (bicyclic) bond motifs is 3. The van der Waals surface area contributed by atoms with Crippen molar-refractivity contribution in [2.45, 2.75) is 30.3 Å². The molecule has 0 aliphatic heterocycles. The topological polar surface area (TPSA) is 191 Å². The molecular formula is C29H30N2O9. The summed E-state index contributed by atoms with van der Waals surface area (Å²) in [4.78, 5) is 40.9. The second-order valence-corrected chi connectivity index (χ2v) is 10.5. The first-order valence-corrected chi connectivity index (χ1v) is 12.7. The lowest BCUT2D eigenvalue weighted by Gasteiger charge is -2.53. The van der Waals surface area contributed by atoms with Gasteiger partial charge in [-0.2, -0.15) is 0 Å². The number of hydrogen-bond donors (Lipinski definition) is 6. The number of Topliss-reactive ketones (excluding diaryl/α,β-unsaturated/α-hetero) is 2. The Hall–Kier alpha value is -4.03. The molecule has 0 heterocycles. The zero-order chi connectivity index (χ0) is 29.1. The van der Waals surface area contributed by atoms with Crippen molar-refractivity contribution in [3.05, 3.63) is 82.1 Å². The fourth-order valence-corrected chi connectivity index (χ4v) is 6.36. The largest absolute Gasteiger partial charge is 0.508 e. The molecule has 6 atom stereocenters. The first-order chi connectivity index (χ1) is 18.9. The lowest BCUT2D eigenvalue weighted by atomic mass is 9.55. The number of ketones is 2. The van der Waals surface area contributed by atoms with Crippen molar-refractivity contribution in [2.24, 2.45) is 17.6 Å². The minimum absolute atomic E-state index is 0.122. The molecule has 1 fully saturated rings. The average Bonchev–Trinajstić information content (AvgIpc) is 2.90. The molecule has 3 aliphatic carbocycles. The Morgan fingerprint density at radius 1 is 1.05 bits per heavy atom. The summed E-state index contributed by atoms with van der Waals surface area (Å²) in [6, 6.07) is 12.4. The van der Waals surface area contributed by atoms with Gasteiger partial charge >= 0.3 is 0 Å². The molecule has 0 bridgehead atoms. The summed E-state index contributed by atoms with van der Waals surface area (Å²) in [5.74, 6) is -8.93. The zero-order valence-electron chi connectivity index (χ0n) is 21.8. The fraction of sp³-hybridized carbons (Fsp3) is 0.345. The Morgan fingerprint density at radius 2 is 1.73 bits per heavy atom. The van der Waals surface area contributed by atoms with Gasteiger partial charge in [-0.05, 0) is 37.7 Å². The lowest BCUT2D eigenvalue weighted by Crippen LogP contribution is -2.70. The van der Waals surface area contributed by atoms with Crippen LogP contribution in [0.1, 0.15) is 22.8 Å². The Morgan fingerprint density at radius 3 is 2.35 bits per heavy atom. The average molecular weight is 551 g/mol. The van der Waals surface area contributed by atoms with E-state index < -0.39 is 75.8 Å². The van der Waals surface area contributed by atoms with Crippen molar-refractivity contribution in [1.29, 1.82) is 0 Å². The molecule has 11 heteroatoms. The maximum Gasteiger partial charge on any atom is 0.255 e. The van der Waals surface area contributed by atoms with Crippen LogP contribution in [0.5, 0.6) is 5.75 Å². The number of amides is 1. The number of aliphatic hydroxyl groups is 4. The third-order valence-electron chi connectivity index (χ3n) is 8.13. The van der Waals surface area contributed by atoms with Gasteiger partial charge in [-0.3, -0.25) is 19.3 Å². The number of carbonyl (C=O) groups is 3. The van der Waals surface area contributed by atoms with E-state index in [-0.39, 0.29) is 23.5 Å². The van der Waals surface area contributed by atoms with Crippen LogP contribution >= 0.6 is 0 Å². The molecule has 3 aliphatic rings. The van der Waals surface area contributed by atoms with Crippen molar-refractivity contribution >= 4 is 23.2 Å². The number of carbonyl (C=O) groups excluding carboxylic acids is 3. The van der Waals surface area contributed by atoms with Gasteiger partial charge in [-0.15, -0.1) is 0 Å². The summed E-state index contributed by atoms with van der Waals surface area (Å²) >= 11 is 0. The monoisotopic (exact) mass is 550 g/mol. The maximum absolute atomic E-state index is 14.1. The number of ether oxygens (including phenoxy) is 1. The Kier molecular flexibility index (Phi) is 6.79. The second kappa shape index (κ2) is 9.86. The first kappa shape index (κ1) is 27.5. The summed E-state index contributed by atoms with van der Waals surface area (Å²) < 4.78 is 6.23. The van der Waals surface area contributed by atoms with Crippen molar-refractivity contribution < 1.29 is 44.7 Å². The van der Waals surface area contributed by atoms with E-state index >= 15 is 0 Å². The summed E-state index contributed by atoms with van der Waals surface area (Å²) in [6.07, 6.45) is -2.38. The Balaban J connectivity index is 1.69. The van der Waals surface area contributed by atoms with E-state index in [4.69, 9.17) is 10.5 Å². The lowest BCUT2D eigenvalue weighted by molar-refractivity contribution is -0.176. The van der Waals surface area contributed by atoms with Crippen LogP contribution in [0.3, 0.4) is 0 Å². The number of nitrogens with two attached hydrogens (primary N) is 1. The highest BCUT2D eigenvalue weighted by molar-refractivity contribution is 6.24. The molecule has 1 saturated carbocycles. The molecule has 5 rings (SSSR count). The number of phenolic OH excluding ortho intramolecular Hbond substituents is 1. The van der Waals surface area contributed by atoms with Gasteiger partial charge in [0.1, 0.15) is 22.8 Å². The third kappa shape index (κ3) is 3.85. The molecule has 0 spiro atoms. The molecule has 0 unspecified atom stereocenters. The predicted molar refractivity (Wildman–Crippen MR) is 141 cm³/mol. The molecule has 11 nitrogen and oxygen atoms in total. The van der Waals surface area contributed by atoms with Crippen LogP contribution < -0.4 is 5.73 Å². The Bertz CT molecular complexity index is 1470. The molecule has 7 N–H and O–H groups in total. The van der Waals surface area contributed by atoms with Gasteiger partial charge in [0.2, 0.25) is 5.78 Å². The van der Waals surface area contributed by atoms with Gasteiger partial charge in [0, 0.05) is 11.5 Å². The molecule has 0 saturated heterocycles. The molecule has 2 aromatic rings. The van der Waals surface area contributed by atoms with E-state index in [0.717, 1.165) is 5.56 Å². The fourth-order valence-electron chi connectivity index (χ4n) is 6.36. The van der Waals surface area contributed by atoms with Gasteiger partial charge in [-0.25, -0.2) is 0 Å². The SMILES string of the molecule is CN(C)[C@@H]1C(=O)C(C(N)=O)=C(O)[C@@]2(O)C(=O)C3=C(O)c4c(O)cccc4[C@H](OCCc4ccccc4)[C@H]3[C@H](O)[C@@H]12. The van der Waals surface area contributed by atoms with Gasteiger partial charge < -0.3 is 36.0 Å². The van der Waals surface area contributed by atoms with Gasteiger partial charge in [-0.1, -0.05) is 42.5 Å². The molecule has 210 valence electrons. The number of benzene rings is 2. The second-order valence-electron chi connectivity index (χ2n) is 10.5. The summed E-state index contributed by atoms with van der Waals surface area (Å²) in [5.41, 5.74) is 2.01. The number of nitrogens with zero attached hydrogens (tertiary/aromatic N) is 1. The van der Waals surface area contributed by atoms with Crippen molar-refractivity contribution in [3.8, 4) is 5.75 Å². The van der Waals surface area contributed by atoms with Crippen LogP contribution in [0.4, 0.5) is 0 Å². The van der Waals surface area contributed by atoms with E-state index in [1.807, 2.05) is 30.3 Å². The Labute approximate surface area is 229 Å². The number of phenols is 1. The van der Waals surface area contributed by atoms with Gasteiger partial charge in [0.05, 0.1) is 36.3 Å². The number of hydrogen-bond acceptors (Lipinski definition) is 10. The highest BCUT2D eigenvalue weighted by Crippen LogP contribution is 2.56. The van der Waals surface area contributed by atoms with Crippen molar-refractivity contribution in [1.82, 2.24) is 4.90 Å². The maximum atomic E-state index is 14.1. The smallest absolute Gasteiger partial charge is 0.255 e. The number of aromatic hydroxyl groups is 1.